The van der Waals surface area contributed by atoms with Crippen molar-refractivity contribution < 1.29 is 14.4 Å². The van der Waals surface area contributed by atoms with Gasteiger partial charge >= 0.3 is 0 Å². The minimum atomic E-state index is -0.135. The number of carbonyl (C=O) groups is 3. The Morgan fingerprint density at radius 1 is 0.548 bits per heavy atom. The maximum absolute atomic E-state index is 13.5. The van der Waals surface area contributed by atoms with E-state index in [-0.39, 0.29) is 35.6 Å². The summed E-state index contributed by atoms with van der Waals surface area (Å²) < 4.78 is 0. The lowest BCUT2D eigenvalue weighted by atomic mass is 9.76. The molecule has 3 aliphatic rings. The van der Waals surface area contributed by atoms with Crippen molar-refractivity contribution in [3.8, 4) is 0 Å². The summed E-state index contributed by atoms with van der Waals surface area (Å²) in [4.78, 5) is 40.1. The van der Waals surface area contributed by atoms with Gasteiger partial charge in [-0.2, -0.15) is 0 Å². The molecule has 3 N–H and O–H groups in total. The molecule has 3 aliphatic carbocycles. The first-order valence-electron chi connectivity index (χ1n) is 17.1. The fourth-order valence-corrected chi connectivity index (χ4v) is 7.69. The average molecular weight is 580 g/mol. The molecule has 234 valence electrons. The molecule has 0 aliphatic heterocycles. The predicted molar refractivity (Wildman–Crippen MR) is 172 cm³/mol. The number of amides is 3. The molecule has 6 heteroatoms. The van der Waals surface area contributed by atoms with Gasteiger partial charge in [0.2, 0.25) is 11.8 Å². The van der Waals surface area contributed by atoms with E-state index in [4.69, 9.17) is 0 Å². The van der Waals surface area contributed by atoms with Gasteiger partial charge in [0.1, 0.15) is 0 Å². The lowest BCUT2D eigenvalue weighted by molar-refractivity contribution is -0.121. The standard InChI is InChI=1S/C36H57N3O3/c1-22(2)25-7-11-28(12-8-25)34(40)38-32-19-30(36(42)37-31-17-15-27(16-18-31)24(5)6)20-33(21-32)39-35(41)29-13-9-26(10-14-29)23(3)4/h19-29,31H,7-18H2,1-6H3,(H,37,42)(H,38,40)(H,39,41). The Hall–Kier alpha value is -2.37. The van der Waals surface area contributed by atoms with Crippen molar-refractivity contribution in [1.82, 2.24) is 5.32 Å². The average Bonchev–Trinajstić information content (AvgIpc) is 2.97. The lowest BCUT2D eigenvalue weighted by Crippen LogP contribution is -2.38. The Balaban J connectivity index is 1.45. The summed E-state index contributed by atoms with van der Waals surface area (Å²) in [6.45, 7) is 13.6. The number of carbonyl (C=O) groups excluding carboxylic acids is 3. The summed E-state index contributed by atoms with van der Waals surface area (Å²) >= 11 is 0. The van der Waals surface area contributed by atoms with E-state index in [0.717, 1.165) is 83.0 Å². The SMILES string of the molecule is CC(C)C1CCC(NC(=O)c2cc(NC(=O)C3CCC(C(C)C)CC3)cc(NC(=O)C3CCC(C(C)C)CC3)c2)CC1. The van der Waals surface area contributed by atoms with Crippen molar-refractivity contribution in [1.29, 1.82) is 0 Å². The van der Waals surface area contributed by atoms with Crippen LogP contribution in [-0.4, -0.2) is 23.8 Å². The van der Waals surface area contributed by atoms with Crippen molar-refractivity contribution in [3.63, 3.8) is 0 Å². The largest absolute Gasteiger partial charge is 0.349 e. The molecule has 3 amide bonds. The Kier molecular flexibility index (Phi) is 11.5. The Labute approximate surface area is 254 Å². The molecule has 0 heterocycles. The van der Waals surface area contributed by atoms with Gasteiger partial charge in [-0.3, -0.25) is 14.4 Å². The molecule has 0 spiro atoms. The van der Waals surface area contributed by atoms with Gasteiger partial charge in [-0.25, -0.2) is 0 Å². The van der Waals surface area contributed by atoms with Crippen molar-refractivity contribution in [2.75, 3.05) is 10.6 Å². The first-order valence-corrected chi connectivity index (χ1v) is 17.1. The maximum atomic E-state index is 13.5. The Morgan fingerprint density at radius 2 is 0.905 bits per heavy atom. The smallest absolute Gasteiger partial charge is 0.251 e. The molecule has 3 saturated carbocycles. The highest BCUT2D eigenvalue weighted by atomic mass is 16.2. The van der Waals surface area contributed by atoms with Crippen LogP contribution in [0, 0.1) is 47.3 Å². The number of hydrogen-bond donors (Lipinski definition) is 3. The van der Waals surface area contributed by atoms with Crippen LogP contribution < -0.4 is 16.0 Å². The molecule has 42 heavy (non-hydrogen) atoms. The van der Waals surface area contributed by atoms with Gasteiger partial charge in [0.25, 0.3) is 5.91 Å². The quantitative estimate of drug-likeness (QED) is 0.274. The highest BCUT2D eigenvalue weighted by molar-refractivity contribution is 6.01. The van der Waals surface area contributed by atoms with E-state index >= 15 is 0 Å². The third-order valence-electron chi connectivity index (χ3n) is 11.0. The predicted octanol–water partition coefficient (Wildman–Crippen LogP) is 8.43. The zero-order valence-electron chi connectivity index (χ0n) is 27.1. The van der Waals surface area contributed by atoms with Gasteiger partial charge in [-0.05, 0) is 131 Å². The molecular formula is C36H57N3O3. The monoisotopic (exact) mass is 579 g/mol. The molecule has 6 nitrogen and oxygen atoms in total. The van der Waals surface area contributed by atoms with Crippen molar-refractivity contribution in [2.45, 2.75) is 125 Å². The van der Waals surface area contributed by atoms with Crippen LogP contribution in [-0.2, 0) is 9.59 Å². The molecule has 1 aromatic rings. The summed E-state index contributed by atoms with van der Waals surface area (Å²) in [5.74, 6) is 3.96. The minimum absolute atomic E-state index is 0.0113. The van der Waals surface area contributed by atoms with Crippen LogP contribution in [0.4, 0.5) is 11.4 Å². The first kappa shape index (κ1) is 32.5. The fourth-order valence-electron chi connectivity index (χ4n) is 7.69. The summed E-state index contributed by atoms with van der Waals surface area (Å²) in [7, 11) is 0. The van der Waals surface area contributed by atoms with Crippen molar-refractivity contribution in [2.24, 2.45) is 47.3 Å². The van der Waals surface area contributed by atoms with Gasteiger partial charge < -0.3 is 16.0 Å². The second kappa shape index (κ2) is 14.9. The number of benzene rings is 1. The summed E-state index contributed by atoms with van der Waals surface area (Å²) in [5.41, 5.74) is 1.66. The Bertz CT molecular complexity index is 996. The zero-order chi connectivity index (χ0) is 30.4. The minimum Gasteiger partial charge on any atom is -0.349 e. The second-order valence-corrected chi connectivity index (χ2v) is 14.8. The highest BCUT2D eigenvalue weighted by Gasteiger charge is 2.30. The van der Waals surface area contributed by atoms with E-state index in [1.807, 2.05) is 6.07 Å². The van der Waals surface area contributed by atoms with E-state index in [9.17, 15) is 14.4 Å². The molecule has 0 radical (unpaired) electrons. The maximum Gasteiger partial charge on any atom is 0.251 e. The molecule has 1 aromatic carbocycles. The number of hydrogen-bond acceptors (Lipinski definition) is 3. The topological polar surface area (TPSA) is 87.3 Å². The number of anilines is 2. The third kappa shape index (κ3) is 8.83. The molecule has 0 aromatic heterocycles. The number of rotatable bonds is 9. The summed E-state index contributed by atoms with van der Waals surface area (Å²) in [5, 5.41) is 9.48. The van der Waals surface area contributed by atoms with Gasteiger partial charge in [0.05, 0.1) is 0 Å². The van der Waals surface area contributed by atoms with Gasteiger partial charge in [-0.1, -0.05) is 41.5 Å². The van der Waals surface area contributed by atoms with E-state index in [1.165, 1.54) is 0 Å². The van der Waals surface area contributed by atoms with Gasteiger partial charge in [-0.15, -0.1) is 0 Å². The molecule has 0 unspecified atom stereocenters. The summed E-state index contributed by atoms with van der Waals surface area (Å²) in [6.07, 6.45) is 12.2. The zero-order valence-corrected chi connectivity index (χ0v) is 27.1. The lowest BCUT2D eigenvalue weighted by Gasteiger charge is -2.31. The van der Waals surface area contributed by atoms with Gasteiger partial charge in [0.15, 0.2) is 0 Å². The molecular weight excluding hydrogens is 522 g/mol. The van der Waals surface area contributed by atoms with Gasteiger partial charge in [0, 0.05) is 34.8 Å². The third-order valence-corrected chi connectivity index (χ3v) is 11.0. The van der Waals surface area contributed by atoms with Crippen LogP contribution in [0.1, 0.15) is 129 Å². The van der Waals surface area contributed by atoms with Crippen LogP contribution >= 0.6 is 0 Å². The van der Waals surface area contributed by atoms with E-state index in [0.29, 0.717) is 46.5 Å². The van der Waals surface area contributed by atoms with Crippen LogP contribution in [0.25, 0.3) is 0 Å². The normalized spacial score (nSPS) is 28.5. The molecule has 4 rings (SSSR count). The van der Waals surface area contributed by atoms with Crippen LogP contribution in [0.15, 0.2) is 18.2 Å². The summed E-state index contributed by atoms with van der Waals surface area (Å²) in [6, 6.07) is 5.53. The second-order valence-electron chi connectivity index (χ2n) is 14.8. The van der Waals surface area contributed by atoms with E-state index in [1.54, 1.807) is 12.1 Å². The fraction of sp³-hybridized carbons (Fsp3) is 0.750. The van der Waals surface area contributed by atoms with Crippen LogP contribution in [0.2, 0.25) is 0 Å². The molecule has 0 saturated heterocycles. The van der Waals surface area contributed by atoms with Crippen molar-refractivity contribution >= 4 is 29.1 Å². The highest BCUT2D eigenvalue weighted by Crippen LogP contribution is 2.36. The van der Waals surface area contributed by atoms with E-state index in [2.05, 4.69) is 57.5 Å². The first-order chi connectivity index (χ1) is 20.0. The van der Waals surface area contributed by atoms with Crippen LogP contribution in [0.5, 0.6) is 0 Å². The molecule has 3 fully saturated rings. The Morgan fingerprint density at radius 3 is 1.26 bits per heavy atom. The number of nitrogens with one attached hydrogen (secondary N) is 3. The van der Waals surface area contributed by atoms with Crippen LogP contribution in [0.3, 0.4) is 0 Å². The molecule has 0 atom stereocenters. The molecule has 0 bridgehead atoms. The van der Waals surface area contributed by atoms with Crippen molar-refractivity contribution in [3.05, 3.63) is 23.8 Å². The van der Waals surface area contributed by atoms with E-state index < -0.39 is 0 Å².